The van der Waals surface area contributed by atoms with E-state index in [2.05, 4.69) is 5.32 Å². The van der Waals surface area contributed by atoms with Crippen LogP contribution >= 0.6 is 0 Å². The third-order valence-electron chi connectivity index (χ3n) is 3.34. The van der Waals surface area contributed by atoms with Crippen molar-refractivity contribution in [2.75, 3.05) is 0 Å². The maximum Gasteiger partial charge on any atom is 0.416 e. The van der Waals surface area contributed by atoms with Crippen molar-refractivity contribution in [3.63, 3.8) is 0 Å². The third-order valence-corrected chi connectivity index (χ3v) is 3.34. The normalized spacial score (nSPS) is 13.5. The van der Waals surface area contributed by atoms with Gasteiger partial charge in [-0.25, -0.2) is 0 Å². The largest absolute Gasteiger partial charge is 0.416 e. The van der Waals surface area contributed by atoms with Gasteiger partial charge < -0.3 is 11.1 Å². The summed E-state index contributed by atoms with van der Waals surface area (Å²) in [5, 5.41) is 2.47. The highest BCUT2D eigenvalue weighted by molar-refractivity contribution is 5.89. The number of carbonyl (C=O) groups is 2. The summed E-state index contributed by atoms with van der Waals surface area (Å²) in [5.74, 6) is -1.56. The van der Waals surface area contributed by atoms with Gasteiger partial charge in [-0.05, 0) is 31.4 Å². The van der Waals surface area contributed by atoms with Gasteiger partial charge in [-0.2, -0.15) is 13.2 Å². The Morgan fingerprint density at radius 2 is 1.86 bits per heavy atom. The van der Waals surface area contributed by atoms with Crippen LogP contribution in [-0.2, 0) is 15.8 Å². The molecule has 0 fully saturated rings. The first-order valence-electron chi connectivity index (χ1n) is 6.71. The molecule has 22 heavy (non-hydrogen) atoms. The summed E-state index contributed by atoms with van der Waals surface area (Å²) >= 11 is 0. The molecule has 0 spiro atoms. The first-order valence-corrected chi connectivity index (χ1v) is 6.71. The van der Waals surface area contributed by atoms with Crippen molar-refractivity contribution in [1.29, 1.82) is 0 Å². The van der Waals surface area contributed by atoms with Crippen LogP contribution in [0.25, 0.3) is 0 Å². The number of hydrogen-bond donors (Lipinski definition) is 2. The number of hydrogen-bond acceptors (Lipinski definition) is 2. The Morgan fingerprint density at radius 3 is 2.36 bits per heavy atom. The van der Waals surface area contributed by atoms with Crippen LogP contribution in [0, 0.1) is 0 Å². The van der Waals surface area contributed by atoms with Gasteiger partial charge in [0.15, 0.2) is 0 Å². The van der Waals surface area contributed by atoms with Crippen LogP contribution in [-0.4, -0.2) is 17.4 Å². The van der Waals surface area contributed by atoms with Crippen molar-refractivity contribution in [3.05, 3.63) is 35.4 Å². The molecule has 4 nitrogen and oxygen atoms in total. The standard InChI is InChI=1S/C15H19F3N2O2/c1-9(7-12(21)20-14(2,3)13(19)22)10-5-4-6-11(8-10)15(16,17)18/h4-6,8-9H,7H2,1-3H3,(H2,19,22)(H,20,21)/t9-/m0/s1. The van der Waals surface area contributed by atoms with Gasteiger partial charge in [-0.1, -0.05) is 25.1 Å². The monoisotopic (exact) mass is 316 g/mol. The SMILES string of the molecule is C[C@@H](CC(=O)NC(C)(C)C(N)=O)c1cccc(C(F)(F)F)c1. The average molecular weight is 316 g/mol. The molecule has 0 saturated heterocycles. The smallest absolute Gasteiger partial charge is 0.368 e. The number of nitrogens with two attached hydrogens (primary N) is 1. The molecule has 1 rings (SSSR count). The molecule has 1 atom stereocenters. The minimum atomic E-state index is -4.42. The second-order valence-corrected chi connectivity index (χ2v) is 5.77. The molecule has 3 N–H and O–H groups in total. The molecular weight excluding hydrogens is 297 g/mol. The first-order chi connectivity index (χ1) is 9.93. The number of benzene rings is 1. The van der Waals surface area contributed by atoms with Crippen molar-refractivity contribution < 1.29 is 22.8 Å². The zero-order valence-electron chi connectivity index (χ0n) is 12.6. The molecule has 0 aliphatic heterocycles. The fourth-order valence-corrected chi connectivity index (χ4v) is 1.88. The molecule has 0 aromatic heterocycles. The van der Waals surface area contributed by atoms with Crippen molar-refractivity contribution >= 4 is 11.8 Å². The highest BCUT2D eigenvalue weighted by Gasteiger charge is 2.31. The summed E-state index contributed by atoms with van der Waals surface area (Å²) in [6.07, 6.45) is -4.47. The third kappa shape index (κ3) is 4.75. The van der Waals surface area contributed by atoms with Gasteiger partial charge in [0.05, 0.1) is 5.56 Å². The van der Waals surface area contributed by atoms with E-state index in [1.54, 1.807) is 6.92 Å². The van der Waals surface area contributed by atoms with Gasteiger partial charge in [0.2, 0.25) is 11.8 Å². The molecule has 0 aliphatic carbocycles. The highest BCUT2D eigenvalue weighted by atomic mass is 19.4. The van der Waals surface area contributed by atoms with Crippen molar-refractivity contribution in [1.82, 2.24) is 5.32 Å². The van der Waals surface area contributed by atoms with E-state index in [0.29, 0.717) is 5.56 Å². The quantitative estimate of drug-likeness (QED) is 0.876. The molecule has 0 radical (unpaired) electrons. The van der Waals surface area contributed by atoms with Crippen LogP contribution in [0.3, 0.4) is 0 Å². The number of alkyl halides is 3. The van der Waals surface area contributed by atoms with Crippen molar-refractivity contribution in [3.8, 4) is 0 Å². The van der Waals surface area contributed by atoms with Gasteiger partial charge in [0.1, 0.15) is 5.54 Å². The fourth-order valence-electron chi connectivity index (χ4n) is 1.88. The summed E-state index contributed by atoms with van der Waals surface area (Å²) in [6.45, 7) is 4.57. The Labute approximate surface area is 126 Å². The molecule has 1 aromatic rings. The van der Waals surface area contributed by atoms with Crippen LogP contribution in [0.4, 0.5) is 13.2 Å². The Kier molecular flexibility index (Phi) is 5.22. The number of halogens is 3. The van der Waals surface area contributed by atoms with Gasteiger partial charge in [-0.3, -0.25) is 9.59 Å². The molecule has 2 amide bonds. The number of primary amides is 1. The lowest BCUT2D eigenvalue weighted by atomic mass is 9.95. The van der Waals surface area contributed by atoms with Crippen LogP contribution < -0.4 is 11.1 Å². The number of nitrogens with one attached hydrogen (secondary N) is 1. The van der Waals surface area contributed by atoms with Crippen LogP contribution in [0.15, 0.2) is 24.3 Å². The zero-order valence-corrected chi connectivity index (χ0v) is 12.6. The molecule has 0 heterocycles. The molecule has 122 valence electrons. The number of rotatable bonds is 5. The lowest BCUT2D eigenvalue weighted by Crippen LogP contribution is -2.53. The number of amides is 2. The molecule has 0 bridgehead atoms. The minimum absolute atomic E-state index is 0.0436. The van der Waals surface area contributed by atoms with E-state index in [4.69, 9.17) is 5.73 Å². The molecule has 0 saturated carbocycles. The molecule has 7 heteroatoms. The minimum Gasteiger partial charge on any atom is -0.368 e. The predicted molar refractivity (Wildman–Crippen MR) is 75.9 cm³/mol. The Morgan fingerprint density at radius 1 is 1.27 bits per heavy atom. The van der Waals surface area contributed by atoms with Gasteiger partial charge in [-0.15, -0.1) is 0 Å². The maximum absolute atomic E-state index is 12.7. The first kappa shape index (κ1) is 18.0. The van der Waals surface area contributed by atoms with E-state index in [1.807, 2.05) is 0 Å². The second kappa shape index (κ2) is 6.37. The molecule has 0 aliphatic rings. The topological polar surface area (TPSA) is 72.2 Å². The van der Waals surface area contributed by atoms with Gasteiger partial charge >= 0.3 is 6.18 Å². The second-order valence-electron chi connectivity index (χ2n) is 5.77. The van der Waals surface area contributed by atoms with Crippen molar-refractivity contribution in [2.45, 2.75) is 44.8 Å². The maximum atomic E-state index is 12.7. The van der Waals surface area contributed by atoms with E-state index < -0.39 is 35.0 Å². The Bertz CT molecular complexity index is 568. The molecular formula is C15H19F3N2O2. The van der Waals surface area contributed by atoms with E-state index in [0.717, 1.165) is 12.1 Å². The average Bonchev–Trinajstić information content (AvgIpc) is 2.36. The molecule has 1 aromatic carbocycles. The summed E-state index contributed by atoms with van der Waals surface area (Å²) < 4.78 is 38.0. The zero-order chi connectivity index (χ0) is 17.1. The van der Waals surface area contributed by atoms with E-state index >= 15 is 0 Å². The fraction of sp³-hybridized carbons (Fsp3) is 0.467. The van der Waals surface area contributed by atoms with Crippen LogP contribution in [0.5, 0.6) is 0 Å². The highest BCUT2D eigenvalue weighted by Crippen LogP contribution is 2.31. The number of carbonyl (C=O) groups excluding carboxylic acids is 2. The summed E-state index contributed by atoms with van der Waals surface area (Å²) in [4.78, 5) is 23.0. The lowest BCUT2D eigenvalue weighted by molar-refractivity contribution is -0.137. The van der Waals surface area contributed by atoms with Gasteiger partial charge in [0, 0.05) is 6.42 Å². The van der Waals surface area contributed by atoms with E-state index in [-0.39, 0.29) is 6.42 Å². The summed E-state index contributed by atoms with van der Waals surface area (Å²) in [7, 11) is 0. The Hall–Kier alpha value is -2.05. The van der Waals surface area contributed by atoms with E-state index in [9.17, 15) is 22.8 Å². The predicted octanol–water partition coefficient (Wildman–Crippen LogP) is 2.58. The van der Waals surface area contributed by atoms with Crippen LogP contribution in [0.2, 0.25) is 0 Å². The van der Waals surface area contributed by atoms with Crippen molar-refractivity contribution in [2.24, 2.45) is 5.73 Å². The summed E-state index contributed by atoms with van der Waals surface area (Å²) in [5.41, 5.74) is 3.60. The lowest BCUT2D eigenvalue weighted by Gasteiger charge is -2.23. The van der Waals surface area contributed by atoms with E-state index in [1.165, 1.54) is 26.0 Å². The Balaban J connectivity index is 2.79. The van der Waals surface area contributed by atoms with Gasteiger partial charge in [0.25, 0.3) is 0 Å². The molecule has 0 unspecified atom stereocenters. The van der Waals surface area contributed by atoms with Crippen LogP contribution in [0.1, 0.15) is 44.2 Å². The summed E-state index contributed by atoms with van der Waals surface area (Å²) in [6, 6.07) is 4.84.